The molecule has 0 aliphatic carbocycles. The van der Waals surface area contributed by atoms with Crippen molar-refractivity contribution in [2.45, 2.75) is 90.9 Å². The number of para-hydroxylation sites is 2. The third kappa shape index (κ3) is 6.21. The number of rotatable bonds is 16. The first kappa shape index (κ1) is 35.5. The van der Waals surface area contributed by atoms with Crippen LogP contribution in [0.25, 0.3) is 55.4 Å². The van der Waals surface area contributed by atoms with E-state index < -0.39 is 23.6 Å². The molecule has 0 atom stereocenters. The van der Waals surface area contributed by atoms with Crippen LogP contribution in [0, 0.1) is 0 Å². The molecule has 6 aromatic rings. The van der Waals surface area contributed by atoms with Gasteiger partial charge in [0.15, 0.2) is 0 Å². The molecule has 2 aliphatic rings. The van der Waals surface area contributed by atoms with Crippen LogP contribution in [-0.4, -0.2) is 46.5 Å². The Kier molecular flexibility index (Phi) is 9.93. The Balaban J connectivity index is 1.33. The molecule has 2 aromatic heterocycles. The summed E-state index contributed by atoms with van der Waals surface area (Å²) in [6.07, 6.45) is 12.0. The summed E-state index contributed by atoms with van der Waals surface area (Å²) >= 11 is 0. The van der Waals surface area contributed by atoms with E-state index in [1.54, 1.807) is 12.1 Å². The molecule has 54 heavy (non-hydrogen) atoms. The van der Waals surface area contributed by atoms with Gasteiger partial charge in [-0.25, -0.2) is 0 Å². The van der Waals surface area contributed by atoms with Crippen molar-refractivity contribution in [3.05, 3.63) is 95.1 Å². The number of hydrogen-bond donors (Lipinski definition) is 0. The average molecular weight is 723 g/mol. The summed E-state index contributed by atoms with van der Waals surface area (Å²) < 4.78 is 12.7. The average Bonchev–Trinajstić information content (AvgIpc) is 3.82. The van der Waals surface area contributed by atoms with Gasteiger partial charge in [0.05, 0.1) is 11.1 Å². The molecule has 0 unspecified atom stereocenters. The van der Waals surface area contributed by atoms with E-state index in [4.69, 9.17) is 8.83 Å². The fourth-order valence-electron chi connectivity index (χ4n) is 8.29. The highest BCUT2D eigenvalue weighted by molar-refractivity contribution is 6.36. The van der Waals surface area contributed by atoms with Crippen molar-refractivity contribution in [2.75, 3.05) is 13.1 Å². The van der Waals surface area contributed by atoms with E-state index in [1.807, 2.05) is 60.7 Å². The van der Waals surface area contributed by atoms with Crippen LogP contribution in [0.1, 0.15) is 132 Å². The van der Waals surface area contributed by atoms with E-state index in [0.717, 1.165) is 75.0 Å². The van der Waals surface area contributed by atoms with Crippen molar-refractivity contribution in [3.8, 4) is 22.6 Å². The topological polar surface area (TPSA) is 101 Å². The maximum absolute atomic E-state index is 14.7. The van der Waals surface area contributed by atoms with Gasteiger partial charge in [-0.1, -0.05) is 114 Å². The monoisotopic (exact) mass is 722 g/mol. The molecule has 8 heteroatoms. The highest BCUT2D eigenvalue weighted by Crippen LogP contribution is 2.47. The number of nitrogens with zero attached hydrogens (tertiary/aromatic N) is 2. The zero-order valence-electron chi connectivity index (χ0n) is 31.2. The SMILES string of the molecule is CCCCCCCCN1C(=O)c2cc(-c3cc4ccccc4o3)c3c4c(cc(-c5cc6ccccc6o5)c(c24)C1=O)C(=O)N(CCCCCCCC)C3=O. The molecule has 0 bridgehead atoms. The van der Waals surface area contributed by atoms with Crippen LogP contribution < -0.4 is 0 Å². The Labute approximate surface area is 315 Å². The fraction of sp³-hybridized carbons (Fsp3) is 0.348. The molecule has 4 amide bonds. The van der Waals surface area contributed by atoms with Crippen molar-refractivity contribution >= 4 is 56.3 Å². The first-order chi connectivity index (χ1) is 26.4. The van der Waals surface area contributed by atoms with Crippen LogP contribution in [0.4, 0.5) is 0 Å². The molecule has 0 saturated carbocycles. The van der Waals surface area contributed by atoms with E-state index in [9.17, 15) is 19.2 Å². The van der Waals surface area contributed by atoms with Crippen LogP contribution >= 0.6 is 0 Å². The number of furan rings is 2. The summed E-state index contributed by atoms with van der Waals surface area (Å²) in [5, 5.41) is 2.36. The first-order valence-electron chi connectivity index (χ1n) is 19.8. The van der Waals surface area contributed by atoms with Crippen LogP contribution in [0.2, 0.25) is 0 Å². The van der Waals surface area contributed by atoms with Gasteiger partial charge in [-0.05, 0) is 49.2 Å². The molecule has 0 radical (unpaired) electrons. The Hall–Kier alpha value is -5.50. The summed E-state index contributed by atoms with van der Waals surface area (Å²) in [6, 6.07) is 22.4. The van der Waals surface area contributed by atoms with Gasteiger partial charge in [0, 0.05) is 56.9 Å². The van der Waals surface area contributed by atoms with E-state index in [-0.39, 0.29) is 35.3 Å². The second-order valence-corrected chi connectivity index (χ2v) is 14.8. The summed E-state index contributed by atoms with van der Waals surface area (Å²) in [5.74, 6) is -0.917. The van der Waals surface area contributed by atoms with Crippen LogP contribution in [0.5, 0.6) is 0 Å². The fourth-order valence-corrected chi connectivity index (χ4v) is 8.29. The molecule has 0 spiro atoms. The Morgan fingerprint density at radius 1 is 0.444 bits per heavy atom. The molecule has 276 valence electrons. The minimum absolute atomic E-state index is 0.262. The van der Waals surface area contributed by atoms with Gasteiger partial charge in [0.25, 0.3) is 23.6 Å². The molecule has 0 fully saturated rings. The summed E-state index contributed by atoms with van der Waals surface area (Å²) in [5.41, 5.74) is 3.25. The Morgan fingerprint density at radius 2 is 0.833 bits per heavy atom. The van der Waals surface area contributed by atoms with Crippen molar-refractivity contribution in [3.63, 3.8) is 0 Å². The molecule has 0 saturated heterocycles. The molecule has 4 aromatic carbocycles. The lowest BCUT2D eigenvalue weighted by molar-refractivity contribution is 0.0586. The maximum Gasteiger partial charge on any atom is 0.262 e. The lowest BCUT2D eigenvalue weighted by atomic mass is 9.80. The van der Waals surface area contributed by atoms with Gasteiger partial charge in [-0.3, -0.25) is 29.0 Å². The second kappa shape index (κ2) is 15.1. The molecule has 4 heterocycles. The minimum atomic E-state index is -0.445. The van der Waals surface area contributed by atoms with Crippen LogP contribution in [0.3, 0.4) is 0 Å². The molecule has 8 nitrogen and oxygen atoms in total. The third-order valence-corrected chi connectivity index (χ3v) is 11.1. The lowest BCUT2D eigenvalue weighted by Gasteiger charge is -2.34. The predicted molar refractivity (Wildman–Crippen MR) is 212 cm³/mol. The normalized spacial score (nSPS) is 14.1. The Morgan fingerprint density at radius 3 is 1.24 bits per heavy atom. The number of imide groups is 2. The summed E-state index contributed by atoms with van der Waals surface area (Å²) in [7, 11) is 0. The zero-order valence-corrected chi connectivity index (χ0v) is 31.2. The highest BCUT2D eigenvalue weighted by Gasteiger charge is 2.43. The van der Waals surface area contributed by atoms with E-state index in [2.05, 4.69) is 13.8 Å². The van der Waals surface area contributed by atoms with Crippen LogP contribution in [-0.2, 0) is 0 Å². The number of hydrogen-bond acceptors (Lipinski definition) is 6. The number of unbranched alkanes of at least 4 members (excludes halogenated alkanes) is 10. The Bertz CT molecular complexity index is 2200. The summed E-state index contributed by atoms with van der Waals surface area (Å²) in [6.45, 7) is 4.87. The number of carbonyl (C=O) groups is 4. The van der Waals surface area contributed by atoms with Crippen molar-refractivity contribution in [2.24, 2.45) is 0 Å². The quantitative estimate of drug-likeness (QED) is 0.0728. The second-order valence-electron chi connectivity index (χ2n) is 14.8. The standard InChI is InChI=1S/C46H46N2O6/c1-3-5-7-9-11-17-23-47-43(49)33-27-32(38-26-30-20-14-16-22-36(30)54-38)42-40-34(44(50)48(46(42)52)24-18-12-10-8-6-4-2)28-31(41(39(33)40)45(47)51)37-25-29-19-13-15-21-35(29)53-37/h13-16,19-22,25-28H,3-12,17-18,23-24H2,1-2H3. The molecular formula is C46H46N2O6. The third-order valence-electron chi connectivity index (χ3n) is 11.1. The van der Waals surface area contributed by atoms with E-state index in [0.29, 0.717) is 57.4 Å². The minimum Gasteiger partial charge on any atom is -0.456 e. The van der Waals surface area contributed by atoms with Crippen molar-refractivity contribution < 1.29 is 28.0 Å². The van der Waals surface area contributed by atoms with Gasteiger partial charge in [-0.2, -0.15) is 0 Å². The molecular weight excluding hydrogens is 677 g/mol. The van der Waals surface area contributed by atoms with E-state index >= 15 is 0 Å². The van der Waals surface area contributed by atoms with Gasteiger partial charge < -0.3 is 8.83 Å². The summed E-state index contributed by atoms with van der Waals surface area (Å²) in [4.78, 5) is 61.3. The van der Waals surface area contributed by atoms with Gasteiger partial charge in [-0.15, -0.1) is 0 Å². The predicted octanol–water partition coefficient (Wildman–Crippen LogP) is 11.6. The largest absolute Gasteiger partial charge is 0.456 e. The molecule has 0 N–H and O–H groups in total. The van der Waals surface area contributed by atoms with Gasteiger partial charge in [0.1, 0.15) is 22.7 Å². The van der Waals surface area contributed by atoms with Gasteiger partial charge >= 0.3 is 0 Å². The first-order valence-corrected chi connectivity index (χ1v) is 19.8. The smallest absolute Gasteiger partial charge is 0.262 e. The van der Waals surface area contributed by atoms with Crippen molar-refractivity contribution in [1.29, 1.82) is 0 Å². The van der Waals surface area contributed by atoms with Crippen molar-refractivity contribution in [1.82, 2.24) is 9.80 Å². The number of benzene rings is 4. The van der Waals surface area contributed by atoms with Crippen LogP contribution in [0.15, 0.2) is 81.6 Å². The lowest BCUT2D eigenvalue weighted by Crippen LogP contribution is -2.44. The maximum atomic E-state index is 14.7. The molecule has 8 rings (SSSR count). The number of amides is 4. The number of carbonyl (C=O) groups excluding carboxylic acids is 4. The molecule has 2 aliphatic heterocycles. The van der Waals surface area contributed by atoms with E-state index in [1.165, 1.54) is 9.80 Å². The van der Waals surface area contributed by atoms with Gasteiger partial charge in [0.2, 0.25) is 0 Å². The highest BCUT2D eigenvalue weighted by atomic mass is 16.3. The zero-order chi connectivity index (χ0) is 37.3. The number of fused-ring (bicyclic) bond motifs is 2.